The number of para-hydroxylation sites is 1. The fraction of sp³-hybridized carbons (Fsp3) is 0.0714. The average molecular weight is 278 g/mol. The second-order valence-electron chi connectivity index (χ2n) is 3.85. The predicted octanol–water partition coefficient (Wildman–Crippen LogP) is 3.04. The molecule has 0 aliphatic carbocycles. The lowest BCUT2D eigenvalue weighted by atomic mass is 10.2. The molecule has 0 aromatic heterocycles. The second kappa shape index (κ2) is 6.51. The molecule has 0 saturated heterocycles. The molecule has 6 heteroatoms. The number of ether oxygens (including phenoxy) is 1. The van der Waals surface area contributed by atoms with Crippen LogP contribution in [0.2, 0.25) is 0 Å². The molecule has 2 N–H and O–H groups in total. The van der Waals surface area contributed by atoms with Crippen LogP contribution in [0.3, 0.4) is 0 Å². The van der Waals surface area contributed by atoms with Gasteiger partial charge in [-0.3, -0.25) is 15.6 Å². The van der Waals surface area contributed by atoms with Gasteiger partial charge in [0.1, 0.15) is 5.75 Å². The van der Waals surface area contributed by atoms with E-state index in [1.165, 1.54) is 24.3 Å². The van der Waals surface area contributed by atoms with Gasteiger partial charge in [0.05, 0.1) is 5.69 Å². The second-order valence-corrected chi connectivity index (χ2v) is 3.85. The third-order valence-electron chi connectivity index (χ3n) is 2.42. The first kappa shape index (κ1) is 13.8. The summed E-state index contributed by atoms with van der Waals surface area (Å²) >= 11 is 0. The van der Waals surface area contributed by atoms with Crippen LogP contribution in [0.4, 0.5) is 14.5 Å². The molecule has 2 aromatic carbocycles. The lowest BCUT2D eigenvalue weighted by Gasteiger charge is -2.09. The Morgan fingerprint density at radius 3 is 2.50 bits per heavy atom. The molecule has 1 amide bonds. The number of hydrogen-bond donors (Lipinski definition) is 2. The number of anilines is 1. The van der Waals surface area contributed by atoms with E-state index in [0.29, 0.717) is 5.69 Å². The highest BCUT2D eigenvalue weighted by molar-refractivity contribution is 5.95. The van der Waals surface area contributed by atoms with Crippen LogP contribution in [-0.4, -0.2) is 12.5 Å². The number of benzene rings is 2. The zero-order valence-corrected chi connectivity index (χ0v) is 10.3. The summed E-state index contributed by atoms with van der Waals surface area (Å²) in [6.07, 6.45) is 0. The fourth-order valence-corrected chi connectivity index (χ4v) is 1.54. The Bertz CT molecular complexity index is 576. The summed E-state index contributed by atoms with van der Waals surface area (Å²) in [6, 6.07) is 14.6. The maximum absolute atomic E-state index is 12.1. The number of carbonyl (C=O) groups excluding carboxylic acids is 1. The molecule has 0 aliphatic rings. The third-order valence-corrected chi connectivity index (χ3v) is 2.42. The molecule has 0 heterocycles. The monoisotopic (exact) mass is 278 g/mol. The first-order valence-corrected chi connectivity index (χ1v) is 5.81. The van der Waals surface area contributed by atoms with Crippen LogP contribution in [-0.2, 0) is 0 Å². The molecule has 0 saturated carbocycles. The van der Waals surface area contributed by atoms with Crippen molar-refractivity contribution < 1.29 is 18.3 Å². The molecule has 0 bridgehead atoms. The minimum absolute atomic E-state index is 0.0626. The van der Waals surface area contributed by atoms with Crippen molar-refractivity contribution in [3.05, 3.63) is 60.2 Å². The molecule has 0 radical (unpaired) electrons. The van der Waals surface area contributed by atoms with Gasteiger partial charge in [0.25, 0.3) is 5.91 Å². The van der Waals surface area contributed by atoms with E-state index in [2.05, 4.69) is 15.6 Å². The fourth-order valence-electron chi connectivity index (χ4n) is 1.54. The Morgan fingerprint density at radius 1 is 1.05 bits per heavy atom. The smallest absolute Gasteiger partial charge is 0.387 e. The molecule has 0 spiro atoms. The Hall–Kier alpha value is -2.63. The largest absolute Gasteiger partial charge is 0.435 e. The molecule has 2 rings (SSSR count). The van der Waals surface area contributed by atoms with Gasteiger partial charge in [-0.2, -0.15) is 8.78 Å². The van der Waals surface area contributed by atoms with E-state index in [-0.39, 0.29) is 11.3 Å². The van der Waals surface area contributed by atoms with E-state index in [1.54, 1.807) is 12.1 Å². The predicted molar refractivity (Wildman–Crippen MR) is 70.6 cm³/mol. The molecule has 0 aliphatic heterocycles. The minimum atomic E-state index is -2.92. The van der Waals surface area contributed by atoms with E-state index in [4.69, 9.17) is 0 Å². The van der Waals surface area contributed by atoms with Crippen molar-refractivity contribution in [1.29, 1.82) is 0 Å². The summed E-state index contributed by atoms with van der Waals surface area (Å²) in [5.74, 6) is -0.513. The van der Waals surface area contributed by atoms with Crippen molar-refractivity contribution in [2.75, 3.05) is 5.43 Å². The molecular formula is C14H12F2N2O2. The minimum Gasteiger partial charge on any atom is -0.435 e. The standard InChI is InChI=1S/C14H12F2N2O2/c15-14(16)20-12-8-4-5-10(9-12)13(19)18-17-11-6-2-1-3-7-11/h1-9,14,17H,(H,18,19). The Balaban J connectivity index is 1.98. The number of halogens is 2. The third kappa shape index (κ3) is 3.94. The number of hydrogen-bond acceptors (Lipinski definition) is 3. The number of amides is 1. The molecule has 20 heavy (non-hydrogen) atoms. The van der Waals surface area contributed by atoms with Crippen LogP contribution in [0.1, 0.15) is 10.4 Å². The van der Waals surface area contributed by atoms with E-state index in [9.17, 15) is 13.6 Å². The van der Waals surface area contributed by atoms with Crippen LogP contribution < -0.4 is 15.6 Å². The van der Waals surface area contributed by atoms with Crippen molar-refractivity contribution >= 4 is 11.6 Å². The van der Waals surface area contributed by atoms with Gasteiger partial charge in [0, 0.05) is 5.56 Å². The summed E-state index contributed by atoms with van der Waals surface area (Å²) < 4.78 is 28.4. The van der Waals surface area contributed by atoms with Gasteiger partial charge in [0.15, 0.2) is 0 Å². The number of carbonyl (C=O) groups is 1. The van der Waals surface area contributed by atoms with Gasteiger partial charge in [-0.1, -0.05) is 24.3 Å². The van der Waals surface area contributed by atoms with Crippen molar-refractivity contribution in [3.8, 4) is 5.75 Å². The Morgan fingerprint density at radius 2 is 1.80 bits per heavy atom. The first-order chi connectivity index (χ1) is 9.65. The number of alkyl halides is 2. The SMILES string of the molecule is O=C(NNc1ccccc1)c1cccc(OC(F)F)c1. The van der Waals surface area contributed by atoms with Gasteiger partial charge >= 0.3 is 6.61 Å². The number of rotatable bonds is 5. The van der Waals surface area contributed by atoms with Crippen LogP contribution in [0, 0.1) is 0 Å². The van der Waals surface area contributed by atoms with Gasteiger partial charge < -0.3 is 4.74 Å². The van der Waals surface area contributed by atoms with Crippen LogP contribution in [0.15, 0.2) is 54.6 Å². The summed E-state index contributed by atoms with van der Waals surface area (Å²) in [7, 11) is 0. The molecule has 0 unspecified atom stereocenters. The Labute approximate surface area is 114 Å². The first-order valence-electron chi connectivity index (χ1n) is 5.81. The molecule has 2 aromatic rings. The summed E-state index contributed by atoms with van der Waals surface area (Å²) in [5.41, 5.74) is 6.10. The average Bonchev–Trinajstić information content (AvgIpc) is 2.45. The van der Waals surface area contributed by atoms with Crippen molar-refractivity contribution in [2.24, 2.45) is 0 Å². The van der Waals surface area contributed by atoms with E-state index in [0.717, 1.165) is 0 Å². The van der Waals surface area contributed by atoms with Crippen molar-refractivity contribution in [1.82, 2.24) is 5.43 Å². The van der Waals surface area contributed by atoms with E-state index in [1.807, 2.05) is 18.2 Å². The van der Waals surface area contributed by atoms with Gasteiger partial charge in [-0.05, 0) is 30.3 Å². The molecular weight excluding hydrogens is 266 g/mol. The molecule has 0 fully saturated rings. The maximum atomic E-state index is 12.1. The highest BCUT2D eigenvalue weighted by Crippen LogP contribution is 2.16. The zero-order valence-electron chi connectivity index (χ0n) is 10.3. The van der Waals surface area contributed by atoms with Crippen LogP contribution >= 0.6 is 0 Å². The zero-order chi connectivity index (χ0) is 14.4. The summed E-state index contributed by atoms with van der Waals surface area (Å²) in [4.78, 5) is 11.8. The molecule has 104 valence electrons. The number of nitrogens with one attached hydrogen (secondary N) is 2. The lowest BCUT2D eigenvalue weighted by molar-refractivity contribution is -0.0498. The summed E-state index contributed by atoms with van der Waals surface area (Å²) in [6.45, 7) is -2.92. The van der Waals surface area contributed by atoms with E-state index >= 15 is 0 Å². The topological polar surface area (TPSA) is 50.4 Å². The molecule has 0 atom stereocenters. The lowest BCUT2D eigenvalue weighted by Crippen LogP contribution is -2.29. The van der Waals surface area contributed by atoms with Gasteiger partial charge in [-0.15, -0.1) is 0 Å². The molecule has 4 nitrogen and oxygen atoms in total. The van der Waals surface area contributed by atoms with Crippen molar-refractivity contribution in [3.63, 3.8) is 0 Å². The Kier molecular flexibility index (Phi) is 4.49. The maximum Gasteiger partial charge on any atom is 0.387 e. The van der Waals surface area contributed by atoms with Crippen molar-refractivity contribution in [2.45, 2.75) is 6.61 Å². The van der Waals surface area contributed by atoms with Gasteiger partial charge in [0.2, 0.25) is 0 Å². The van der Waals surface area contributed by atoms with Gasteiger partial charge in [-0.25, -0.2) is 0 Å². The highest BCUT2D eigenvalue weighted by atomic mass is 19.3. The normalized spacial score (nSPS) is 10.2. The quantitative estimate of drug-likeness (QED) is 0.826. The van der Waals surface area contributed by atoms with Crippen LogP contribution in [0.5, 0.6) is 5.75 Å². The van der Waals surface area contributed by atoms with Crippen LogP contribution in [0.25, 0.3) is 0 Å². The number of hydrazine groups is 1. The summed E-state index contributed by atoms with van der Waals surface area (Å²) in [5, 5.41) is 0. The highest BCUT2D eigenvalue weighted by Gasteiger charge is 2.09. The van der Waals surface area contributed by atoms with E-state index < -0.39 is 12.5 Å².